The Hall–Kier alpha value is -3.14. The molecule has 0 spiro atoms. The van der Waals surface area contributed by atoms with Gasteiger partial charge in [0.15, 0.2) is 9.84 Å². The summed E-state index contributed by atoms with van der Waals surface area (Å²) in [6.07, 6.45) is 3.21. The van der Waals surface area contributed by atoms with Crippen molar-refractivity contribution >= 4 is 57.6 Å². The van der Waals surface area contributed by atoms with Crippen LogP contribution in [0.15, 0.2) is 57.0 Å². The average Bonchev–Trinajstić information content (AvgIpc) is 3.31. The third-order valence-corrected chi connectivity index (χ3v) is 7.38. The summed E-state index contributed by atoms with van der Waals surface area (Å²) in [5.74, 6) is -1.27. The second-order valence-electron chi connectivity index (χ2n) is 7.11. The van der Waals surface area contributed by atoms with Gasteiger partial charge in [-0.3, -0.25) is 4.79 Å². The van der Waals surface area contributed by atoms with Gasteiger partial charge < -0.3 is 20.5 Å². The number of aliphatic carboxylic acids is 1. The van der Waals surface area contributed by atoms with Crippen molar-refractivity contribution in [1.82, 2.24) is 0 Å². The number of carboxylic acids is 1. The van der Waals surface area contributed by atoms with E-state index >= 15 is 0 Å². The number of carboxylic acid groups (broad SMARTS) is 1. The van der Waals surface area contributed by atoms with Gasteiger partial charge in [0.05, 0.1) is 9.79 Å². The van der Waals surface area contributed by atoms with Gasteiger partial charge in [-0.05, 0) is 48.4 Å². The van der Waals surface area contributed by atoms with Gasteiger partial charge in [0.2, 0.25) is 15.6 Å². The number of carbonyl (C=O) groups excluding carboxylic acids is 1. The largest absolute Gasteiger partial charge is 0.476 e. The van der Waals surface area contributed by atoms with Crippen molar-refractivity contribution in [2.24, 2.45) is 0 Å². The standard InChI is InChI=1S/C12H9NO3S.C8H7NO2S.C3H3NO2.BH.U/c1-13-8-11(14)6-9-2-3-10-4-5-17(15,16)12(10)7-9;9-7-2-1-6-3-4-12(10,11)8(6)5-7;1-4-2-3(5)6;;/h2-5,7H,6,8H2;1-5H,9H2;2H2,(H,5,6);1H;/i;;;1T;. The summed E-state index contributed by atoms with van der Waals surface area (Å²) in [5.41, 5.74) is 7.92. The van der Waals surface area contributed by atoms with E-state index in [9.17, 15) is 26.4 Å². The van der Waals surface area contributed by atoms with Crippen molar-refractivity contribution in [3.8, 4) is 0 Å². The number of sulfone groups is 2. The summed E-state index contributed by atoms with van der Waals surface area (Å²) in [5, 5.41) is 10.0. The first-order chi connectivity index (χ1) is 17.4. The molecule has 2 radical (unpaired) electrons. The number of hydrogen-bond donors (Lipinski definition) is 2. The van der Waals surface area contributed by atoms with Crippen molar-refractivity contribution in [1.29, 1.82) is 1.34 Å². The van der Waals surface area contributed by atoms with E-state index in [4.69, 9.17) is 25.3 Å². The molecule has 0 bridgehead atoms. The minimum atomic E-state index is -3.33. The summed E-state index contributed by atoms with van der Waals surface area (Å²) in [7, 11) is -2.77. The van der Waals surface area contributed by atoms with E-state index < -0.39 is 32.2 Å². The van der Waals surface area contributed by atoms with Gasteiger partial charge in [-0.2, -0.15) is 0 Å². The number of fused-ring (bicyclic) bond motifs is 2. The van der Waals surface area contributed by atoms with Gasteiger partial charge in [-0.15, -0.1) is 0 Å². The van der Waals surface area contributed by atoms with Crippen LogP contribution in [0.1, 0.15) is 16.7 Å². The van der Waals surface area contributed by atoms with Gasteiger partial charge >= 0.3 is 12.5 Å². The normalized spacial score (nSPS) is 13.9. The quantitative estimate of drug-likeness (QED) is 0.272. The van der Waals surface area contributed by atoms with Crippen LogP contribution >= 0.6 is 0 Å². The number of nitrogens with two attached hydrogens (primary N) is 1. The van der Waals surface area contributed by atoms with Gasteiger partial charge in [-0.1, -0.05) is 18.2 Å². The predicted octanol–water partition coefficient (Wildman–Crippen LogP) is 1.84. The summed E-state index contributed by atoms with van der Waals surface area (Å²) in [4.78, 5) is 26.8. The fraction of sp³-hybridized carbons (Fsp3) is 0.130. The zero-order chi connectivity index (χ0) is 28.2. The zero-order valence-corrected chi connectivity index (χ0v) is 25.0. The number of Topliss-reactive ketones (excluding diaryl/α,β-unsaturated/α-hetero) is 1. The number of nitrogens with zero attached hydrogens (tertiary/aromatic N) is 2. The minimum absolute atomic E-state index is 0. The van der Waals surface area contributed by atoms with E-state index in [1.807, 2.05) is 0 Å². The maximum absolute atomic E-state index is 11.6. The molecule has 0 aliphatic carbocycles. The second-order valence-corrected chi connectivity index (χ2v) is 10.7. The SMILES string of the molecule is Nc1ccc2c(c1)S(=O)(=O)C=C2.[3H][B].[C-]#[N+]CC(=O)Cc1ccc2c(c1)S(=O)(=O)C=C2.[C-]#[N+]CC(=O)O.[U]. The molecule has 0 atom stereocenters. The van der Waals surface area contributed by atoms with E-state index in [0.717, 1.165) is 5.41 Å². The number of nitrogen functional groups attached to an aromatic ring is 1. The van der Waals surface area contributed by atoms with Crippen LogP contribution in [0.5, 0.6) is 0 Å². The molecule has 2 aromatic rings. The molecule has 37 heavy (non-hydrogen) atoms. The molecular weight excluding hydrogens is 743 g/mol. The Labute approximate surface area is 242 Å². The average molecular weight is 765 g/mol. The fourth-order valence-electron chi connectivity index (χ4n) is 2.92. The van der Waals surface area contributed by atoms with Crippen LogP contribution in [-0.2, 0) is 35.7 Å². The first-order valence-electron chi connectivity index (χ1n) is 10.3. The second kappa shape index (κ2) is 14.6. The first-order valence-corrected chi connectivity index (χ1v) is 12.8. The number of hydrogen-bond acceptors (Lipinski definition) is 7. The smallest absolute Gasteiger partial charge is 0.384 e. The molecule has 0 saturated carbocycles. The van der Waals surface area contributed by atoms with Crippen LogP contribution in [0.25, 0.3) is 21.8 Å². The molecule has 0 amide bonds. The molecule has 14 heteroatoms. The molecule has 0 unspecified atom stereocenters. The molecule has 4 rings (SSSR count). The maximum atomic E-state index is 11.6. The molecule has 2 aliphatic heterocycles. The van der Waals surface area contributed by atoms with Gasteiger partial charge in [-0.25, -0.2) is 34.8 Å². The van der Waals surface area contributed by atoms with Gasteiger partial charge in [0, 0.05) is 62.4 Å². The van der Waals surface area contributed by atoms with Crippen LogP contribution in [-0.4, -0.2) is 56.5 Å². The molecule has 2 heterocycles. The van der Waals surface area contributed by atoms with E-state index in [-0.39, 0.29) is 54.8 Å². The van der Waals surface area contributed by atoms with Crippen LogP contribution in [0.2, 0.25) is 0 Å². The molecule has 2 aromatic carbocycles. The maximum Gasteiger partial charge on any atom is 0.384 e. The van der Waals surface area contributed by atoms with Crippen LogP contribution < -0.4 is 5.73 Å². The van der Waals surface area contributed by atoms with Crippen LogP contribution in [0, 0.1) is 44.3 Å². The Balaban J connectivity index is 0.000000570. The molecule has 0 saturated heterocycles. The number of carbonyl (C=O) groups is 2. The van der Waals surface area contributed by atoms with Gasteiger partial charge in [0.25, 0.3) is 6.54 Å². The van der Waals surface area contributed by atoms with Crippen LogP contribution in [0.3, 0.4) is 0 Å². The summed E-state index contributed by atoms with van der Waals surface area (Å²) < 4.78 is 51.0. The molecule has 10 nitrogen and oxygen atoms in total. The zero-order valence-electron chi connectivity index (χ0n) is 20.2. The molecule has 188 valence electrons. The summed E-state index contributed by atoms with van der Waals surface area (Å²) in [6.45, 7) is 12.0. The molecule has 0 aromatic heterocycles. The minimum Gasteiger partial charge on any atom is -0.476 e. The van der Waals surface area contributed by atoms with E-state index in [0.29, 0.717) is 27.3 Å². The summed E-state index contributed by atoms with van der Waals surface area (Å²) >= 11 is 0. The van der Waals surface area contributed by atoms with E-state index in [1.54, 1.807) is 30.3 Å². The number of rotatable bonds is 4. The van der Waals surface area contributed by atoms with Crippen LogP contribution in [0.4, 0.5) is 5.69 Å². The first kappa shape index (κ1) is 31.9. The summed E-state index contributed by atoms with van der Waals surface area (Å²) in [6, 6.07) is 9.76. The van der Waals surface area contributed by atoms with Gasteiger partial charge in [0.1, 0.15) is 0 Å². The number of anilines is 1. The Morgan fingerprint density at radius 3 is 1.84 bits per heavy atom. The van der Waals surface area contributed by atoms with E-state index in [1.165, 1.54) is 23.6 Å². The third-order valence-electron chi connectivity index (χ3n) is 4.45. The fourth-order valence-corrected chi connectivity index (χ4v) is 5.41. The number of ketones is 1. The molecule has 3 N–H and O–H groups in total. The number of benzene rings is 2. The van der Waals surface area contributed by atoms with Crippen molar-refractivity contribution in [2.45, 2.75) is 16.2 Å². The Kier molecular flexibility index (Phi) is 12.5. The predicted molar refractivity (Wildman–Crippen MR) is 136 cm³/mol. The topological polar surface area (TPSA) is 157 Å². The molecular formula is C23H20BN3O7S2U. The Bertz CT molecular complexity index is 1550. The third kappa shape index (κ3) is 9.68. The van der Waals surface area contributed by atoms with Crippen molar-refractivity contribution in [3.63, 3.8) is 0 Å². The molecule has 0 fully saturated rings. The Morgan fingerprint density at radius 1 is 0.892 bits per heavy atom. The van der Waals surface area contributed by atoms with E-state index in [2.05, 4.69) is 18.1 Å². The van der Waals surface area contributed by atoms with Crippen molar-refractivity contribution in [2.75, 3.05) is 18.8 Å². The van der Waals surface area contributed by atoms with Crippen molar-refractivity contribution in [3.05, 3.63) is 86.7 Å². The van der Waals surface area contributed by atoms with Crippen molar-refractivity contribution < 1.29 is 62.6 Å². The monoisotopic (exact) mass is 765 g/mol. The molecule has 2 aliphatic rings. The Morgan fingerprint density at radius 2 is 1.38 bits per heavy atom.